The smallest absolute Gasteiger partial charge is 0.337 e. The van der Waals surface area contributed by atoms with Gasteiger partial charge < -0.3 is 15.3 Å². The monoisotopic (exact) mass is 278 g/mol. The number of rotatable bonds is 6. The summed E-state index contributed by atoms with van der Waals surface area (Å²) < 4.78 is 0. The van der Waals surface area contributed by atoms with Crippen molar-refractivity contribution in [3.05, 3.63) is 29.3 Å². The van der Waals surface area contributed by atoms with Gasteiger partial charge >= 0.3 is 5.97 Å². The molecule has 5 nitrogen and oxygen atoms in total. The summed E-state index contributed by atoms with van der Waals surface area (Å²) in [7, 11) is 1.72. The number of nitrogens with zero attached hydrogens (tertiary/aromatic N) is 1. The lowest BCUT2D eigenvalue weighted by Crippen LogP contribution is -2.37. The van der Waals surface area contributed by atoms with Crippen molar-refractivity contribution in [2.75, 3.05) is 25.0 Å². The molecule has 0 fully saturated rings. The first-order valence-electron chi connectivity index (χ1n) is 6.63. The van der Waals surface area contributed by atoms with Crippen molar-refractivity contribution in [1.82, 2.24) is 5.32 Å². The van der Waals surface area contributed by atoms with E-state index in [9.17, 15) is 14.7 Å². The van der Waals surface area contributed by atoms with Gasteiger partial charge in [-0.05, 0) is 30.5 Å². The van der Waals surface area contributed by atoms with E-state index in [1.165, 1.54) is 0 Å². The molecule has 5 heteroatoms. The summed E-state index contributed by atoms with van der Waals surface area (Å²) in [5.74, 6) is -0.716. The number of hydrogen-bond acceptors (Lipinski definition) is 3. The second-order valence-corrected chi connectivity index (χ2v) is 5.38. The summed E-state index contributed by atoms with van der Waals surface area (Å²) in [4.78, 5) is 24.7. The molecule has 20 heavy (non-hydrogen) atoms. The number of likely N-dealkylation sites (N-methyl/N-ethyl adjacent to an activating group) is 1. The van der Waals surface area contributed by atoms with Crippen molar-refractivity contribution in [3.8, 4) is 0 Å². The summed E-state index contributed by atoms with van der Waals surface area (Å²) in [5, 5.41) is 12.0. The van der Waals surface area contributed by atoms with E-state index < -0.39 is 5.97 Å². The van der Waals surface area contributed by atoms with Crippen LogP contribution < -0.4 is 10.2 Å². The van der Waals surface area contributed by atoms with E-state index in [-0.39, 0.29) is 18.0 Å². The van der Waals surface area contributed by atoms with Gasteiger partial charge in [0.25, 0.3) is 0 Å². The van der Waals surface area contributed by atoms with Gasteiger partial charge in [0.15, 0.2) is 0 Å². The van der Waals surface area contributed by atoms with Crippen LogP contribution in [0, 0.1) is 12.8 Å². The molecule has 1 aromatic carbocycles. The van der Waals surface area contributed by atoms with Crippen LogP contribution in [0.25, 0.3) is 0 Å². The molecule has 1 amide bonds. The molecule has 0 unspecified atom stereocenters. The van der Waals surface area contributed by atoms with Crippen LogP contribution in [0.4, 0.5) is 5.69 Å². The normalized spacial score (nSPS) is 10.4. The molecule has 110 valence electrons. The molecule has 2 N–H and O–H groups in total. The van der Waals surface area contributed by atoms with E-state index >= 15 is 0 Å². The minimum Gasteiger partial charge on any atom is -0.478 e. The summed E-state index contributed by atoms with van der Waals surface area (Å²) in [5.41, 5.74) is 1.71. The number of benzene rings is 1. The van der Waals surface area contributed by atoms with Gasteiger partial charge in [0, 0.05) is 13.6 Å². The highest BCUT2D eigenvalue weighted by Crippen LogP contribution is 2.21. The van der Waals surface area contributed by atoms with Crippen molar-refractivity contribution in [2.24, 2.45) is 5.92 Å². The maximum absolute atomic E-state index is 11.8. The molecule has 1 rings (SSSR count). The zero-order valence-electron chi connectivity index (χ0n) is 12.4. The third-order valence-electron chi connectivity index (χ3n) is 2.88. The Bertz CT molecular complexity index is 498. The Morgan fingerprint density at radius 3 is 2.55 bits per heavy atom. The number of amides is 1. The number of anilines is 1. The number of nitrogens with one attached hydrogen (secondary N) is 1. The zero-order chi connectivity index (χ0) is 15.3. The van der Waals surface area contributed by atoms with Crippen molar-refractivity contribution < 1.29 is 14.7 Å². The molecule has 0 bridgehead atoms. The fourth-order valence-electron chi connectivity index (χ4n) is 1.81. The Labute approximate surface area is 119 Å². The molecule has 0 aromatic heterocycles. The molecular formula is C15H22N2O3. The van der Waals surface area contributed by atoms with Crippen LogP contribution in [0.5, 0.6) is 0 Å². The highest BCUT2D eigenvalue weighted by Gasteiger charge is 2.15. The Hall–Kier alpha value is -2.04. The number of carbonyl (C=O) groups excluding carboxylic acids is 1. The first kappa shape index (κ1) is 16.0. The Morgan fingerprint density at radius 1 is 1.35 bits per heavy atom. The molecule has 0 radical (unpaired) electrons. The lowest BCUT2D eigenvalue weighted by molar-refractivity contribution is -0.119. The van der Waals surface area contributed by atoms with Gasteiger partial charge in [-0.25, -0.2) is 4.79 Å². The molecule has 0 aliphatic heterocycles. The number of hydrogen-bond donors (Lipinski definition) is 2. The third kappa shape index (κ3) is 4.57. The molecule has 0 atom stereocenters. The minimum atomic E-state index is -0.991. The number of carboxylic acid groups (broad SMARTS) is 1. The first-order chi connectivity index (χ1) is 9.31. The second-order valence-electron chi connectivity index (χ2n) is 5.38. The van der Waals surface area contributed by atoms with Gasteiger partial charge in [-0.1, -0.05) is 19.9 Å². The van der Waals surface area contributed by atoms with Crippen LogP contribution in [0.2, 0.25) is 0 Å². The van der Waals surface area contributed by atoms with Crippen molar-refractivity contribution in [3.63, 3.8) is 0 Å². The fraction of sp³-hybridized carbons (Fsp3) is 0.467. The van der Waals surface area contributed by atoms with Crippen LogP contribution in [0.15, 0.2) is 18.2 Å². The zero-order valence-corrected chi connectivity index (χ0v) is 12.4. The Balaban J connectivity index is 2.81. The maximum atomic E-state index is 11.8. The predicted octanol–water partition coefficient (Wildman–Crippen LogP) is 1.90. The quantitative estimate of drug-likeness (QED) is 0.834. The maximum Gasteiger partial charge on any atom is 0.337 e. The number of carboxylic acids is 1. The molecule has 0 aliphatic rings. The number of aromatic carboxylic acids is 1. The van der Waals surface area contributed by atoms with E-state index in [1.54, 1.807) is 30.1 Å². The Morgan fingerprint density at radius 2 is 2.00 bits per heavy atom. The third-order valence-corrected chi connectivity index (χ3v) is 2.88. The van der Waals surface area contributed by atoms with Crippen LogP contribution in [0.3, 0.4) is 0 Å². The lowest BCUT2D eigenvalue weighted by atomic mass is 10.1. The van der Waals surface area contributed by atoms with E-state index in [4.69, 9.17) is 0 Å². The van der Waals surface area contributed by atoms with Gasteiger partial charge in [-0.3, -0.25) is 4.79 Å². The van der Waals surface area contributed by atoms with Gasteiger partial charge in [0.05, 0.1) is 17.8 Å². The fourth-order valence-corrected chi connectivity index (χ4v) is 1.81. The predicted molar refractivity (Wildman–Crippen MR) is 79.3 cm³/mol. The lowest BCUT2D eigenvalue weighted by Gasteiger charge is -2.21. The number of carbonyl (C=O) groups is 2. The first-order valence-corrected chi connectivity index (χ1v) is 6.63. The van der Waals surface area contributed by atoms with E-state index in [0.717, 1.165) is 5.56 Å². The molecule has 0 aliphatic carbocycles. The van der Waals surface area contributed by atoms with Gasteiger partial charge in [0.1, 0.15) is 0 Å². The standard InChI is InChI=1S/C15H22N2O3/c1-10(2)8-16-14(18)9-17(4)13-7-11(3)5-6-12(13)15(19)20/h5-7,10H,8-9H2,1-4H3,(H,16,18)(H,19,20). The molecule has 1 aromatic rings. The van der Waals surface area contributed by atoms with Crippen molar-refractivity contribution in [2.45, 2.75) is 20.8 Å². The van der Waals surface area contributed by atoms with Gasteiger partial charge in [-0.2, -0.15) is 0 Å². The second kappa shape index (κ2) is 6.93. The van der Waals surface area contributed by atoms with Crippen LogP contribution in [0.1, 0.15) is 29.8 Å². The summed E-state index contributed by atoms with van der Waals surface area (Å²) in [6.45, 7) is 6.69. The molecular weight excluding hydrogens is 256 g/mol. The molecule has 0 heterocycles. The molecule has 0 saturated heterocycles. The SMILES string of the molecule is Cc1ccc(C(=O)O)c(N(C)CC(=O)NCC(C)C)c1. The molecule has 0 spiro atoms. The largest absolute Gasteiger partial charge is 0.478 e. The van der Waals surface area contributed by atoms with Crippen LogP contribution in [-0.4, -0.2) is 37.1 Å². The van der Waals surface area contributed by atoms with Gasteiger partial charge in [-0.15, -0.1) is 0 Å². The highest BCUT2D eigenvalue weighted by atomic mass is 16.4. The molecule has 0 saturated carbocycles. The summed E-state index contributed by atoms with van der Waals surface area (Å²) in [6, 6.07) is 5.09. The van der Waals surface area contributed by atoms with Crippen LogP contribution >= 0.6 is 0 Å². The highest BCUT2D eigenvalue weighted by molar-refractivity contribution is 5.95. The Kier molecular flexibility index (Phi) is 5.55. The van der Waals surface area contributed by atoms with Crippen molar-refractivity contribution in [1.29, 1.82) is 0 Å². The summed E-state index contributed by atoms with van der Waals surface area (Å²) in [6.07, 6.45) is 0. The number of aryl methyl sites for hydroxylation is 1. The van der Waals surface area contributed by atoms with E-state index in [0.29, 0.717) is 18.2 Å². The van der Waals surface area contributed by atoms with E-state index in [1.807, 2.05) is 20.8 Å². The average molecular weight is 278 g/mol. The van der Waals surface area contributed by atoms with Crippen LogP contribution in [-0.2, 0) is 4.79 Å². The minimum absolute atomic E-state index is 0.112. The van der Waals surface area contributed by atoms with Gasteiger partial charge in [0.2, 0.25) is 5.91 Å². The average Bonchev–Trinajstić information content (AvgIpc) is 2.35. The van der Waals surface area contributed by atoms with E-state index in [2.05, 4.69) is 5.32 Å². The van der Waals surface area contributed by atoms with Crippen molar-refractivity contribution >= 4 is 17.6 Å². The summed E-state index contributed by atoms with van der Waals surface area (Å²) >= 11 is 0. The topological polar surface area (TPSA) is 69.6 Å².